The van der Waals surface area contributed by atoms with Gasteiger partial charge in [-0.15, -0.1) is 0 Å². The van der Waals surface area contributed by atoms with Gasteiger partial charge in [0.25, 0.3) is 0 Å². The average molecular weight is 254 g/mol. The number of amidine groups is 1. The molecule has 0 amide bonds. The Morgan fingerprint density at radius 2 is 1.82 bits per heavy atom. The van der Waals surface area contributed by atoms with Gasteiger partial charge in [-0.3, -0.25) is 4.99 Å². The van der Waals surface area contributed by atoms with Crippen LogP contribution < -0.4 is 5.32 Å². The molecule has 1 saturated heterocycles. The molecule has 3 heteroatoms. The van der Waals surface area contributed by atoms with E-state index in [0.717, 1.165) is 11.8 Å². The lowest BCUT2D eigenvalue weighted by molar-refractivity contribution is 0.270. The second kappa shape index (κ2) is 5.21. The van der Waals surface area contributed by atoms with Gasteiger partial charge in [-0.1, -0.05) is 25.6 Å². The zero-order valence-corrected chi connectivity index (χ0v) is 12.4. The number of hydrogen-bond acceptors (Lipinski definition) is 2. The molecule has 1 N–H and O–H groups in total. The van der Waals surface area contributed by atoms with Gasteiger partial charge in [0.05, 0.1) is 6.04 Å². The minimum Gasteiger partial charge on any atom is -0.360 e. The highest BCUT2D eigenvalue weighted by molar-refractivity contribution is 8.13. The molecule has 1 aliphatic carbocycles. The van der Waals surface area contributed by atoms with Gasteiger partial charge in [0, 0.05) is 11.3 Å². The van der Waals surface area contributed by atoms with Crippen LogP contribution in [0.5, 0.6) is 0 Å². The van der Waals surface area contributed by atoms with Crippen LogP contribution in [0.2, 0.25) is 0 Å². The van der Waals surface area contributed by atoms with Crippen molar-refractivity contribution in [1.82, 2.24) is 5.32 Å². The van der Waals surface area contributed by atoms with Gasteiger partial charge in [-0.25, -0.2) is 0 Å². The van der Waals surface area contributed by atoms with E-state index in [4.69, 9.17) is 4.99 Å². The largest absolute Gasteiger partial charge is 0.360 e. The smallest absolute Gasteiger partial charge is 0.157 e. The second-order valence-corrected chi connectivity index (χ2v) is 7.70. The van der Waals surface area contributed by atoms with E-state index in [9.17, 15) is 0 Å². The fourth-order valence-corrected chi connectivity index (χ4v) is 4.41. The molecule has 2 unspecified atom stereocenters. The molecule has 98 valence electrons. The SMILES string of the molecule is CC1CC(C)CC(N=C2NC(C)(C)CCS2)C1. The third-order valence-electron chi connectivity index (χ3n) is 3.86. The molecule has 2 atom stereocenters. The summed E-state index contributed by atoms with van der Waals surface area (Å²) in [7, 11) is 0. The topological polar surface area (TPSA) is 24.4 Å². The van der Waals surface area contributed by atoms with E-state index in [1.54, 1.807) is 0 Å². The first-order valence-corrected chi connectivity index (χ1v) is 7.92. The van der Waals surface area contributed by atoms with Gasteiger partial charge in [0.1, 0.15) is 0 Å². The van der Waals surface area contributed by atoms with Crippen molar-refractivity contribution in [1.29, 1.82) is 0 Å². The Kier molecular flexibility index (Phi) is 4.06. The van der Waals surface area contributed by atoms with E-state index in [1.807, 2.05) is 11.8 Å². The zero-order chi connectivity index (χ0) is 12.5. The van der Waals surface area contributed by atoms with Crippen LogP contribution in [0.15, 0.2) is 4.99 Å². The number of aliphatic imine (C=N–C) groups is 1. The Hall–Kier alpha value is -0.180. The first-order valence-electron chi connectivity index (χ1n) is 6.93. The van der Waals surface area contributed by atoms with Crippen LogP contribution in [0.4, 0.5) is 0 Å². The monoisotopic (exact) mass is 254 g/mol. The Morgan fingerprint density at radius 1 is 1.18 bits per heavy atom. The van der Waals surface area contributed by atoms with Gasteiger partial charge >= 0.3 is 0 Å². The lowest BCUT2D eigenvalue weighted by Gasteiger charge is -2.34. The number of thioether (sulfide) groups is 1. The Labute approximate surface area is 110 Å². The minimum absolute atomic E-state index is 0.232. The van der Waals surface area contributed by atoms with E-state index >= 15 is 0 Å². The van der Waals surface area contributed by atoms with Gasteiger partial charge < -0.3 is 5.32 Å². The van der Waals surface area contributed by atoms with Crippen LogP contribution in [0.3, 0.4) is 0 Å². The van der Waals surface area contributed by atoms with Crippen molar-refractivity contribution in [2.75, 3.05) is 5.75 Å². The van der Waals surface area contributed by atoms with Crippen LogP contribution in [0.1, 0.15) is 53.4 Å². The van der Waals surface area contributed by atoms with Crippen LogP contribution in [-0.4, -0.2) is 22.5 Å². The molecular weight excluding hydrogens is 228 g/mol. The van der Waals surface area contributed by atoms with Crippen molar-refractivity contribution in [3.8, 4) is 0 Å². The summed E-state index contributed by atoms with van der Waals surface area (Å²) >= 11 is 1.90. The number of nitrogens with one attached hydrogen (secondary N) is 1. The molecule has 2 fully saturated rings. The third kappa shape index (κ3) is 3.90. The number of hydrogen-bond donors (Lipinski definition) is 1. The molecule has 2 nitrogen and oxygen atoms in total. The standard InChI is InChI=1S/C14H26N2S/c1-10-7-11(2)9-12(8-10)15-13-16-14(3,4)5-6-17-13/h10-12H,5-9H2,1-4H3,(H,15,16). The molecule has 17 heavy (non-hydrogen) atoms. The van der Waals surface area contributed by atoms with Crippen molar-refractivity contribution in [3.63, 3.8) is 0 Å². The minimum atomic E-state index is 0.232. The molecular formula is C14H26N2S. The molecule has 0 radical (unpaired) electrons. The number of nitrogens with zero attached hydrogens (tertiary/aromatic N) is 1. The van der Waals surface area contributed by atoms with Crippen LogP contribution in [-0.2, 0) is 0 Å². The predicted octanol–water partition coefficient (Wildman–Crippen LogP) is 3.67. The quantitative estimate of drug-likeness (QED) is 0.772. The highest BCUT2D eigenvalue weighted by atomic mass is 32.2. The van der Waals surface area contributed by atoms with Gasteiger partial charge in [0.15, 0.2) is 5.17 Å². The molecule has 1 aliphatic heterocycles. The Bertz CT molecular complexity index is 289. The molecule has 1 saturated carbocycles. The molecule has 0 aromatic carbocycles. The van der Waals surface area contributed by atoms with Crippen molar-refractivity contribution in [2.45, 2.75) is 65.0 Å². The lowest BCUT2D eigenvalue weighted by atomic mass is 9.81. The molecule has 2 aliphatic rings. The van der Waals surface area contributed by atoms with E-state index < -0.39 is 0 Å². The summed E-state index contributed by atoms with van der Waals surface area (Å²) in [4.78, 5) is 4.96. The first-order chi connectivity index (χ1) is 7.94. The summed E-state index contributed by atoms with van der Waals surface area (Å²) < 4.78 is 0. The Balaban J connectivity index is 1.98. The van der Waals surface area contributed by atoms with E-state index in [0.29, 0.717) is 6.04 Å². The molecule has 0 spiro atoms. The zero-order valence-electron chi connectivity index (χ0n) is 11.6. The van der Waals surface area contributed by atoms with Gasteiger partial charge in [0.2, 0.25) is 0 Å². The average Bonchev–Trinajstić information content (AvgIpc) is 2.13. The summed E-state index contributed by atoms with van der Waals surface area (Å²) in [5.74, 6) is 2.89. The van der Waals surface area contributed by atoms with Crippen molar-refractivity contribution >= 4 is 16.9 Å². The van der Waals surface area contributed by atoms with Crippen LogP contribution >= 0.6 is 11.8 Å². The fourth-order valence-electron chi connectivity index (χ4n) is 3.04. The molecule has 0 aromatic heterocycles. The predicted molar refractivity (Wildman–Crippen MR) is 77.7 cm³/mol. The van der Waals surface area contributed by atoms with E-state index in [1.165, 1.54) is 36.6 Å². The van der Waals surface area contributed by atoms with Gasteiger partial charge in [-0.2, -0.15) is 0 Å². The Morgan fingerprint density at radius 3 is 2.41 bits per heavy atom. The van der Waals surface area contributed by atoms with Crippen LogP contribution in [0.25, 0.3) is 0 Å². The van der Waals surface area contributed by atoms with E-state index in [2.05, 4.69) is 33.0 Å². The van der Waals surface area contributed by atoms with Crippen molar-refractivity contribution in [2.24, 2.45) is 16.8 Å². The first kappa shape index (κ1) is 13.3. The van der Waals surface area contributed by atoms with Crippen LogP contribution in [0, 0.1) is 11.8 Å². The highest BCUT2D eigenvalue weighted by Gasteiger charge is 2.27. The maximum atomic E-state index is 4.96. The number of rotatable bonds is 1. The fraction of sp³-hybridized carbons (Fsp3) is 0.929. The van der Waals surface area contributed by atoms with Crippen molar-refractivity contribution < 1.29 is 0 Å². The summed E-state index contributed by atoms with van der Waals surface area (Å²) in [6.45, 7) is 9.28. The summed E-state index contributed by atoms with van der Waals surface area (Å²) in [6.07, 6.45) is 5.16. The van der Waals surface area contributed by atoms with E-state index in [-0.39, 0.29) is 5.54 Å². The molecule has 0 bridgehead atoms. The highest BCUT2D eigenvalue weighted by Crippen LogP contribution is 2.31. The summed E-state index contributed by atoms with van der Waals surface area (Å²) in [6, 6.07) is 0.553. The summed E-state index contributed by atoms with van der Waals surface area (Å²) in [5, 5.41) is 4.77. The maximum Gasteiger partial charge on any atom is 0.157 e. The normalized spacial score (nSPS) is 40.0. The molecule has 0 aromatic rings. The lowest BCUT2D eigenvalue weighted by Crippen LogP contribution is -2.46. The molecule has 2 rings (SSSR count). The van der Waals surface area contributed by atoms with Gasteiger partial charge in [-0.05, 0) is 51.4 Å². The maximum absolute atomic E-state index is 4.96. The second-order valence-electron chi connectivity index (χ2n) is 6.61. The third-order valence-corrected chi connectivity index (χ3v) is 4.75. The van der Waals surface area contributed by atoms with Crippen molar-refractivity contribution in [3.05, 3.63) is 0 Å². The summed E-state index contributed by atoms with van der Waals surface area (Å²) in [5.41, 5.74) is 0.232. The molecule has 1 heterocycles.